The molecule has 1 aromatic carbocycles. The van der Waals surface area contributed by atoms with Crippen LogP contribution in [-0.2, 0) is 18.3 Å². The van der Waals surface area contributed by atoms with E-state index in [4.69, 9.17) is 4.98 Å². The zero-order valence-electron chi connectivity index (χ0n) is 16.5. The zero-order valence-corrected chi connectivity index (χ0v) is 16.5. The van der Waals surface area contributed by atoms with E-state index in [1.165, 1.54) is 0 Å². The fraction of sp³-hybridized carbons (Fsp3) is 0.304. The number of pyridine rings is 1. The molecule has 148 valence electrons. The first-order valence-electron chi connectivity index (χ1n) is 9.92. The van der Waals surface area contributed by atoms with Gasteiger partial charge in [0.1, 0.15) is 5.78 Å². The maximum absolute atomic E-state index is 12.9. The molecule has 29 heavy (non-hydrogen) atoms. The number of anilines is 1. The summed E-state index contributed by atoms with van der Waals surface area (Å²) in [7, 11) is 1.73. The molecule has 2 aromatic heterocycles. The molecule has 0 radical (unpaired) electrons. The second-order valence-corrected chi connectivity index (χ2v) is 7.49. The van der Waals surface area contributed by atoms with Crippen LogP contribution in [0, 0.1) is 5.92 Å². The van der Waals surface area contributed by atoms with Crippen LogP contribution in [0.25, 0.3) is 11.3 Å². The summed E-state index contributed by atoms with van der Waals surface area (Å²) in [5, 5.41) is 0. The molecule has 1 saturated heterocycles. The van der Waals surface area contributed by atoms with E-state index < -0.39 is 0 Å². The van der Waals surface area contributed by atoms with Crippen molar-refractivity contribution in [2.45, 2.75) is 19.3 Å². The highest BCUT2D eigenvalue weighted by molar-refractivity contribution is 5.84. The number of Topliss-reactive ketones (excluding diaryl/α,β-unsaturated/α-hetero) is 1. The summed E-state index contributed by atoms with van der Waals surface area (Å²) in [6.07, 6.45) is 5.60. The van der Waals surface area contributed by atoms with Gasteiger partial charge in [0, 0.05) is 56.5 Å². The summed E-state index contributed by atoms with van der Waals surface area (Å²) < 4.78 is 1.56. The highest BCUT2D eigenvalue weighted by Crippen LogP contribution is 2.24. The van der Waals surface area contributed by atoms with Crippen molar-refractivity contribution in [1.82, 2.24) is 14.5 Å². The Labute approximate surface area is 169 Å². The van der Waals surface area contributed by atoms with E-state index in [0.29, 0.717) is 24.6 Å². The number of rotatable bonds is 5. The van der Waals surface area contributed by atoms with Gasteiger partial charge in [-0.15, -0.1) is 0 Å². The summed E-state index contributed by atoms with van der Waals surface area (Å²) in [5.41, 5.74) is 2.41. The van der Waals surface area contributed by atoms with Crippen molar-refractivity contribution in [1.29, 1.82) is 0 Å². The van der Waals surface area contributed by atoms with Gasteiger partial charge >= 0.3 is 0 Å². The van der Waals surface area contributed by atoms with Gasteiger partial charge in [0.05, 0.1) is 5.69 Å². The zero-order chi connectivity index (χ0) is 20.2. The maximum Gasteiger partial charge on any atom is 0.255 e. The second-order valence-electron chi connectivity index (χ2n) is 7.49. The molecule has 0 bridgehead atoms. The van der Waals surface area contributed by atoms with Gasteiger partial charge in [0.2, 0.25) is 5.95 Å². The van der Waals surface area contributed by atoms with Gasteiger partial charge in [-0.1, -0.05) is 30.3 Å². The summed E-state index contributed by atoms with van der Waals surface area (Å²) in [6, 6.07) is 15.1. The van der Waals surface area contributed by atoms with Crippen molar-refractivity contribution in [3.63, 3.8) is 0 Å². The minimum atomic E-state index is -0.112. The Bertz CT molecular complexity index is 1050. The summed E-state index contributed by atoms with van der Waals surface area (Å²) in [5.74, 6) is 0.808. The minimum absolute atomic E-state index is 0.0505. The normalized spacial score (nSPS) is 16.6. The lowest BCUT2D eigenvalue weighted by Crippen LogP contribution is -2.42. The average Bonchev–Trinajstić information content (AvgIpc) is 2.77. The molecule has 1 aliphatic rings. The van der Waals surface area contributed by atoms with Crippen LogP contribution in [0.1, 0.15) is 18.4 Å². The Morgan fingerprint density at radius 2 is 1.90 bits per heavy atom. The molecule has 6 nitrogen and oxygen atoms in total. The number of piperidine rings is 1. The van der Waals surface area contributed by atoms with Crippen molar-refractivity contribution in [3.05, 3.63) is 76.8 Å². The number of ketones is 1. The van der Waals surface area contributed by atoms with Crippen LogP contribution in [0.15, 0.2) is 65.7 Å². The maximum atomic E-state index is 12.9. The van der Waals surface area contributed by atoms with Gasteiger partial charge in [-0.3, -0.25) is 19.1 Å². The summed E-state index contributed by atoms with van der Waals surface area (Å²) in [4.78, 5) is 36.3. The number of aromatic nitrogens is 3. The van der Waals surface area contributed by atoms with Gasteiger partial charge in [-0.2, -0.15) is 0 Å². The van der Waals surface area contributed by atoms with E-state index in [0.717, 1.165) is 30.5 Å². The van der Waals surface area contributed by atoms with Crippen molar-refractivity contribution >= 4 is 11.7 Å². The second kappa shape index (κ2) is 8.39. The summed E-state index contributed by atoms with van der Waals surface area (Å²) in [6.45, 7) is 1.38. The smallest absolute Gasteiger partial charge is 0.255 e. The highest BCUT2D eigenvalue weighted by atomic mass is 16.1. The molecule has 1 unspecified atom stereocenters. The van der Waals surface area contributed by atoms with Crippen molar-refractivity contribution < 1.29 is 4.79 Å². The molecule has 4 rings (SSSR count). The first-order valence-corrected chi connectivity index (χ1v) is 9.92. The topological polar surface area (TPSA) is 68.1 Å². The first kappa shape index (κ1) is 19.1. The molecule has 0 saturated carbocycles. The van der Waals surface area contributed by atoms with Crippen LogP contribution >= 0.6 is 0 Å². The SMILES string of the molecule is Cn1c(N2CCCC(C(=O)Cc3ccccc3)C2)nc(-c2ccncc2)cc1=O. The van der Waals surface area contributed by atoms with E-state index in [1.807, 2.05) is 42.5 Å². The molecule has 1 aliphatic heterocycles. The van der Waals surface area contributed by atoms with Crippen molar-refractivity contribution in [2.75, 3.05) is 18.0 Å². The van der Waals surface area contributed by atoms with Crippen LogP contribution in [0.5, 0.6) is 0 Å². The fourth-order valence-corrected chi connectivity index (χ4v) is 3.84. The van der Waals surface area contributed by atoms with Crippen LogP contribution in [0.3, 0.4) is 0 Å². The van der Waals surface area contributed by atoms with Crippen LogP contribution in [0.4, 0.5) is 5.95 Å². The van der Waals surface area contributed by atoms with Gasteiger partial charge in [0.25, 0.3) is 5.56 Å². The molecular weight excluding hydrogens is 364 g/mol. The lowest BCUT2D eigenvalue weighted by molar-refractivity contribution is -0.122. The van der Waals surface area contributed by atoms with E-state index >= 15 is 0 Å². The number of hydrogen-bond donors (Lipinski definition) is 0. The van der Waals surface area contributed by atoms with Gasteiger partial charge in [-0.25, -0.2) is 4.98 Å². The standard InChI is InChI=1S/C23H24N4O2/c1-26-22(29)15-20(18-9-11-24-12-10-18)25-23(26)27-13-5-8-19(16-27)21(28)14-17-6-3-2-4-7-17/h2-4,6-7,9-12,15,19H,5,8,13-14,16H2,1H3. The number of carbonyl (C=O) groups excluding carboxylic acids is 1. The third-order valence-electron chi connectivity index (χ3n) is 5.47. The predicted octanol–water partition coefficient (Wildman–Crippen LogP) is 2.87. The molecule has 6 heteroatoms. The average molecular weight is 388 g/mol. The molecule has 3 heterocycles. The van der Waals surface area contributed by atoms with Gasteiger partial charge in [0.15, 0.2) is 0 Å². The number of hydrogen-bond acceptors (Lipinski definition) is 5. The Balaban J connectivity index is 1.57. The Morgan fingerprint density at radius 3 is 2.66 bits per heavy atom. The molecule has 1 atom stereocenters. The van der Waals surface area contributed by atoms with Crippen LogP contribution < -0.4 is 10.5 Å². The van der Waals surface area contributed by atoms with E-state index in [2.05, 4.69) is 9.88 Å². The molecule has 0 amide bonds. The number of benzene rings is 1. The largest absolute Gasteiger partial charge is 0.341 e. The third kappa shape index (κ3) is 4.26. The molecular formula is C23H24N4O2. The van der Waals surface area contributed by atoms with Gasteiger partial charge in [-0.05, 0) is 30.5 Å². The number of nitrogens with zero attached hydrogens (tertiary/aromatic N) is 4. The van der Waals surface area contributed by atoms with E-state index in [9.17, 15) is 9.59 Å². The lowest BCUT2D eigenvalue weighted by atomic mass is 9.90. The molecule has 0 spiro atoms. The van der Waals surface area contributed by atoms with Crippen molar-refractivity contribution in [3.8, 4) is 11.3 Å². The lowest BCUT2D eigenvalue weighted by Gasteiger charge is -2.33. The number of carbonyl (C=O) groups is 1. The highest BCUT2D eigenvalue weighted by Gasteiger charge is 2.28. The molecule has 0 aliphatic carbocycles. The third-order valence-corrected chi connectivity index (χ3v) is 5.47. The Kier molecular flexibility index (Phi) is 5.51. The Morgan fingerprint density at radius 1 is 1.14 bits per heavy atom. The van der Waals surface area contributed by atoms with Gasteiger partial charge < -0.3 is 4.90 Å². The first-order chi connectivity index (χ1) is 14.1. The quantitative estimate of drug-likeness (QED) is 0.672. The summed E-state index contributed by atoms with van der Waals surface area (Å²) >= 11 is 0. The molecule has 3 aromatic rings. The Hall–Kier alpha value is -3.28. The molecule has 0 N–H and O–H groups in total. The van der Waals surface area contributed by atoms with Crippen molar-refractivity contribution in [2.24, 2.45) is 13.0 Å². The van der Waals surface area contributed by atoms with Crippen LogP contribution in [0.2, 0.25) is 0 Å². The monoisotopic (exact) mass is 388 g/mol. The van der Waals surface area contributed by atoms with E-state index in [-0.39, 0.29) is 17.3 Å². The predicted molar refractivity (Wildman–Crippen MR) is 113 cm³/mol. The minimum Gasteiger partial charge on any atom is -0.341 e. The van der Waals surface area contributed by atoms with Crippen LogP contribution in [-0.4, -0.2) is 33.4 Å². The molecule has 1 fully saturated rings. The van der Waals surface area contributed by atoms with E-state index in [1.54, 1.807) is 30.1 Å². The fourth-order valence-electron chi connectivity index (χ4n) is 3.84.